The molecule has 2 rings (SSSR count). The van der Waals surface area contributed by atoms with Gasteiger partial charge in [-0.05, 0) is 29.7 Å². The number of alkyl halides is 4. The van der Waals surface area contributed by atoms with Gasteiger partial charge in [-0.15, -0.1) is 11.6 Å². The molecule has 1 atom stereocenters. The molecule has 1 unspecified atom stereocenters. The molecule has 0 spiro atoms. The van der Waals surface area contributed by atoms with E-state index in [1.165, 1.54) is 18.2 Å². The second kappa shape index (κ2) is 5.83. The highest BCUT2D eigenvalue weighted by Gasteiger charge is 2.30. The van der Waals surface area contributed by atoms with E-state index in [-0.39, 0.29) is 6.42 Å². The van der Waals surface area contributed by atoms with Crippen molar-refractivity contribution in [3.05, 3.63) is 71.0 Å². The van der Waals surface area contributed by atoms with Gasteiger partial charge in [0.15, 0.2) is 0 Å². The first-order chi connectivity index (χ1) is 9.38. The lowest BCUT2D eigenvalue weighted by atomic mass is 10.0. The van der Waals surface area contributed by atoms with E-state index in [2.05, 4.69) is 0 Å². The summed E-state index contributed by atoms with van der Waals surface area (Å²) in [5, 5.41) is -0.714. The lowest BCUT2D eigenvalue weighted by Crippen LogP contribution is -2.06. The van der Waals surface area contributed by atoms with Crippen LogP contribution in [0.1, 0.15) is 22.1 Å². The molecule has 0 aromatic heterocycles. The Balaban J connectivity index is 2.22. The summed E-state index contributed by atoms with van der Waals surface area (Å²) < 4.78 is 51.4. The molecule has 0 aliphatic carbocycles. The van der Waals surface area contributed by atoms with Crippen molar-refractivity contribution in [2.45, 2.75) is 18.0 Å². The van der Waals surface area contributed by atoms with Gasteiger partial charge < -0.3 is 0 Å². The van der Waals surface area contributed by atoms with Crippen molar-refractivity contribution < 1.29 is 17.6 Å². The van der Waals surface area contributed by atoms with E-state index in [0.29, 0.717) is 11.1 Å². The molecule has 0 N–H and O–H groups in total. The fourth-order valence-corrected chi connectivity index (χ4v) is 2.19. The fourth-order valence-electron chi connectivity index (χ4n) is 1.88. The van der Waals surface area contributed by atoms with Crippen LogP contribution in [0.15, 0.2) is 48.5 Å². The second-order valence-electron chi connectivity index (χ2n) is 4.39. The molecule has 0 fully saturated rings. The maximum atomic E-state index is 13.5. The van der Waals surface area contributed by atoms with Gasteiger partial charge in [0.05, 0.1) is 10.9 Å². The van der Waals surface area contributed by atoms with Crippen molar-refractivity contribution in [1.82, 2.24) is 0 Å². The van der Waals surface area contributed by atoms with Crippen LogP contribution < -0.4 is 0 Å². The molecule has 0 saturated carbocycles. The largest absolute Gasteiger partial charge is 0.416 e. The maximum absolute atomic E-state index is 13.5. The molecule has 20 heavy (non-hydrogen) atoms. The lowest BCUT2D eigenvalue weighted by molar-refractivity contribution is -0.137. The Bertz CT molecular complexity index is 592. The molecular formula is C15H11ClF4. The topological polar surface area (TPSA) is 0 Å². The molecule has 0 nitrogen and oxygen atoms in total. The van der Waals surface area contributed by atoms with Gasteiger partial charge in [0.2, 0.25) is 0 Å². The SMILES string of the molecule is Fc1ccccc1CC(Cl)c1cccc(C(F)(F)F)c1. The van der Waals surface area contributed by atoms with Crippen molar-refractivity contribution in [1.29, 1.82) is 0 Å². The van der Waals surface area contributed by atoms with Crippen LogP contribution in [0.4, 0.5) is 17.6 Å². The highest BCUT2D eigenvalue weighted by atomic mass is 35.5. The summed E-state index contributed by atoms with van der Waals surface area (Å²) in [4.78, 5) is 0. The standard InChI is InChI=1S/C15H11ClF4/c16-13(9-11-4-1-2-7-14(11)17)10-5-3-6-12(8-10)15(18,19)20/h1-8,13H,9H2. The maximum Gasteiger partial charge on any atom is 0.416 e. The Labute approximate surface area is 119 Å². The van der Waals surface area contributed by atoms with E-state index in [4.69, 9.17) is 11.6 Å². The third-order valence-corrected chi connectivity index (χ3v) is 3.34. The van der Waals surface area contributed by atoms with Gasteiger partial charge in [-0.2, -0.15) is 13.2 Å². The zero-order valence-electron chi connectivity index (χ0n) is 10.3. The van der Waals surface area contributed by atoms with Crippen molar-refractivity contribution in [3.8, 4) is 0 Å². The van der Waals surface area contributed by atoms with E-state index < -0.39 is 22.9 Å². The minimum Gasteiger partial charge on any atom is -0.207 e. The Morgan fingerprint density at radius 2 is 1.70 bits per heavy atom. The van der Waals surface area contributed by atoms with Crippen molar-refractivity contribution in [2.24, 2.45) is 0 Å². The summed E-state index contributed by atoms with van der Waals surface area (Å²) in [7, 11) is 0. The molecule has 0 heterocycles. The van der Waals surface area contributed by atoms with Crippen molar-refractivity contribution in [2.75, 3.05) is 0 Å². The zero-order chi connectivity index (χ0) is 14.8. The Hall–Kier alpha value is -1.55. The number of rotatable bonds is 3. The highest BCUT2D eigenvalue weighted by molar-refractivity contribution is 6.20. The van der Waals surface area contributed by atoms with Crippen LogP contribution in [0.25, 0.3) is 0 Å². The van der Waals surface area contributed by atoms with Crippen LogP contribution in [0.5, 0.6) is 0 Å². The van der Waals surface area contributed by atoms with Crippen LogP contribution in [0, 0.1) is 5.82 Å². The van der Waals surface area contributed by atoms with Crippen LogP contribution in [-0.4, -0.2) is 0 Å². The van der Waals surface area contributed by atoms with Crippen LogP contribution in [-0.2, 0) is 12.6 Å². The average Bonchev–Trinajstić information content (AvgIpc) is 2.40. The van der Waals surface area contributed by atoms with E-state index in [1.807, 2.05) is 0 Å². The molecule has 0 saturated heterocycles. The molecule has 2 aromatic rings. The second-order valence-corrected chi connectivity index (χ2v) is 4.91. The number of hydrogen-bond donors (Lipinski definition) is 0. The van der Waals surface area contributed by atoms with Gasteiger partial charge in [-0.25, -0.2) is 4.39 Å². The molecule has 0 aliphatic heterocycles. The summed E-state index contributed by atoms with van der Waals surface area (Å²) >= 11 is 6.10. The zero-order valence-corrected chi connectivity index (χ0v) is 11.0. The Kier molecular flexibility index (Phi) is 4.33. The normalized spacial score (nSPS) is 13.2. The first-order valence-electron chi connectivity index (χ1n) is 5.92. The summed E-state index contributed by atoms with van der Waals surface area (Å²) in [5.74, 6) is -0.412. The Morgan fingerprint density at radius 3 is 2.35 bits per heavy atom. The molecule has 0 amide bonds. The summed E-state index contributed by atoms with van der Waals surface area (Å²) in [5.41, 5.74) is -0.0520. The summed E-state index contributed by atoms with van der Waals surface area (Å²) in [6.45, 7) is 0. The third-order valence-electron chi connectivity index (χ3n) is 2.93. The Morgan fingerprint density at radius 1 is 1.00 bits per heavy atom. The molecule has 0 bridgehead atoms. The molecule has 0 aliphatic rings. The number of hydrogen-bond acceptors (Lipinski definition) is 0. The van der Waals surface area contributed by atoms with Gasteiger partial charge in [0.25, 0.3) is 0 Å². The average molecular weight is 303 g/mol. The summed E-state index contributed by atoms with van der Waals surface area (Å²) in [6.07, 6.45) is -4.28. The molecule has 0 radical (unpaired) electrons. The molecule has 106 valence electrons. The van der Waals surface area contributed by atoms with E-state index in [0.717, 1.165) is 12.1 Å². The summed E-state index contributed by atoms with van der Waals surface area (Å²) in [6, 6.07) is 10.9. The van der Waals surface area contributed by atoms with E-state index in [1.54, 1.807) is 18.2 Å². The minimum atomic E-state index is -4.41. The first-order valence-corrected chi connectivity index (χ1v) is 6.36. The van der Waals surface area contributed by atoms with E-state index in [9.17, 15) is 17.6 Å². The predicted octanol–water partition coefficient (Wildman–Crippen LogP) is 5.37. The number of benzene rings is 2. The molecular weight excluding hydrogens is 292 g/mol. The monoisotopic (exact) mass is 302 g/mol. The third kappa shape index (κ3) is 3.51. The first kappa shape index (κ1) is 14.9. The highest BCUT2D eigenvalue weighted by Crippen LogP contribution is 2.33. The van der Waals surface area contributed by atoms with Gasteiger partial charge in [-0.1, -0.05) is 36.4 Å². The molecule has 5 heteroatoms. The smallest absolute Gasteiger partial charge is 0.207 e. The molecule has 2 aromatic carbocycles. The van der Waals surface area contributed by atoms with Gasteiger partial charge in [-0.3, -0.25) is 0 Å². The predicted molar refractivity (Wildman–Crippen MR) is 70.1 cm³/mol. The van der Waals surface area contributed by atoms with Crippen molar-refractivity contribution in [3.63, 3.8) is 0 Å². The van der Waals surface area contributed by atoms with Gasteiger partial charge >= 0.3 is 6.18 Å². The van der Waals surface area contributed by atoms with Crippen LogP contribution >= 0.6 is 11.6 Å². The van der Waals surface area contributed by atoms with Gasteiger partial charge in [0.1, 0.15) is 5.82 Å². The quantitative estimate of drug-likeness (QED) is 0.528. The fraction of sp³-hybridized carbons (Fsp3) is 0.200. The number of halogens is 5. The van der Waals surface area contributed by atoms with Gasteiger partial charge in [0, 0.05) is 0 Å². The lowest BCUT2D eigenvalue weighted by Gasteiger charge is -2.13. The van der Waals surface area contributed by atoms with Crippen LogP contribution in [0.3, 0.4) is 0 Å². The van der Waals surface area contributed by atoms with Crippen LogP contribution in [0.2, 0.25) is 0 Å². The minimum absolute atomic E-state index is 0.134. The van der Waals surface area contributed by atoms with Crippen molar-refractivity contribution >= 4 is 11.6 Å². The van der Waals surface area contributed by atoms with E-state index >= 15 is 0 Å².